The van der Waals surface area contributed by atoms with E-state index in [1.807, 2.05) is 0 Å². The van der Waals surface area contributed by atoms with Gasteiger partial charge in [0.25, 0.3) is 0 Å². The normalized spacial score (nSPS) is 25.4. The minimum atomic E-state index is -1.61. The number of nitrogens with two attached hydrogens (primary N) is 1. The molecule has 8 heteroatoms. The molecular weight excluding hydrogens is 348 g/mol. The van der Waals surface area contributed by atoms with Gasteiger partial charge in [-0.15, -0.1) is 0 Å². The molecule has 1 aliphatic rings. The molecule has 3 atom stereocenters. The first kappa shape index (κ1) is 20.0. The quantitative estimate of drug-likeness (QED) is 0.611. The number of unbranched alkanes of at least 4 members (excludes halogenated alkanes) is 2. The van der Waals surface area contributed by atoms with Crippen LogP contribution in [0.3, 0.4) is 0 Å². The highest BCUT2D eigenvalue weighted by molar-refractivity contribution is 5.65. The van der Waals surface area contributed by atoms with Crippen LogP contribution in [0.25, 0.3) is 5.52 Å². The van der Waals surface area contributed by atoms with Crippen LogP contribution >= 0.6 is 0 Å². The van der Waals surface area contributed by atoms with E-state index in [1.165, 1.54) is 6.33 Å². The molecule has 1 fully saturated rings. The molecule has 0 radical (unpaired) electrons. The van der Waals surface area contributed by atoms with Gasteiger partial charge < -0.3 is 25.1 Å². The van der Waals surface area contributed by atoms with E-state index in [0.29, 0.717) is 43.3 Å². The van der Waals surface area contributed by atoms with E-state index in [2.05, 4.69) is 23.9 Å². The van der Waals surface area contributed by atoms with Crippen molar-refractivity contribution in [3.63, 3.8) is 0 Å². The second-order valence-corrected chi connectivity index (χ2v) is 6.97. The van der Waals surface area contributed by atoms with Crippen molar-refractivity contribution in [3.8, 4) is 0 Å². The number of hydrogen-bond acceptors (Lipinski definition) is 7. The minimum Gasteiger partial charge on any atom is -0.382 e. The fraction of sp³-hybridized carbons (Fsp3) is 0.684. The Balaban J connectivity index is 1.82. The number of ether oxygens (including phenoxy) is 3. The van der Waals surface area contributed by atoms with Gasteiger partial charge in [-0.1, -0.05) is 26.7 Å². The van der Waals surface area contributed by atoms with Gasteiger partial charge in [0.2, 0.25) is 5.79 Å². The van der Waals surface area contributed by atoms with Crippen LogP contribution < -0.4 is 5.73 Å². The van der Waals surface area contributed by atoms with Crippen molar-refractivity contribution in [2.45, 2.75) is 63.9 Å². The van der Waals surface area contributed by atoms with Crippen LogP contribution in [0.1, 0.15) is 51.6 Å². The number of nitrogen functional groups attached to an aromatic ring is 1. The van der Waals surface area contributed by atoms with E-state index in [0.717, 1.165) is 25.7 Å². The Labute approximate surface area is 159 Å². The number of rotatable bonds is 10. The van der Waals surface area contributed by atoms with Gasteiger partial charge in [-0.2, -0.15) is 5.10 Å². The zero-order valence-electron chi connectivity index (χ0n) is 16.1. The zero-order valence-corrected chi connectivity index (χ0v) is 16.1. The lowest BCUT2D eigenvalue weighted by molar-refractivity contribution is -0.252. The van der Waals surface area contributed by atoms with Crippen molar-refractivity contribution in [2.75, 3.05) is 25.6 Å². The summed E-state index contributed by atoms with van der Waals surface area (Å²) in [5, 5.41) is 15.7. The lowest BCUT2D eigenvalue weighted by Gasteiger charge is -2.28. The molecule has 150 valence electrons. The second kappa shape index (κ2) is 8.97. The summed E-state index contributed by atoms with van der Waals surface area (Å²) in [5.74, 6) is -1.26. The minimum absolute atomic E-state index is 0.247. The number of aromatic nitrogens is 3. The number of fused-ring (bicyclic) bond motifs is 1. The number of anilines is 1. The summed E-state index contributed by atoms with van der Waals surface area (Å²) in [5.41, 5.74) is 7.03. The smallest absolute Gasteiger partial charge is 0.237 e. The van der Waals surface area contributed by atoms with Crippen molar-refractivity contribution in [2.24, 2.45) is 0 Å². The lowest BCUT2D eigenvalue weighted by atomic mass is 10.0. The second-order valence-electron chi connectivity index (χ2n) is 6.97. The summed E-state index contributed by atoms with van der Waals surface area (Å²) in [6.45, 7) is 5.91. The predicted molar refractivity (Wildman–Crippen MR) is 101 cm³/mol. The van der Waals surface area contributed by atoms with Gasteiger partial charge in [-0.3, -0.25) is 0 Å². The van der Waals surface area contributed by atoms with E-state index in [4.69, 9.17) is 19.9 Å². The molecule has 2 aromatic heterocycles. The summed E-state index contributed by atoms with van der Waals surface area (Å²) in [4.78, 5) is 3.99. The molecule has 0 saturated carbocycles. The van der Waals surface area contributed by atoms with E-state index >= 15 is 0 Å². The highest BCUT2D eigenvalue weighted by Gasteiger charge is 2.51. The monoisotopic (exact) mass is 378 g/mol. The maximum atomic E-state index is 11.4. The van der Waals surface area contributed by atoms with Gasteiger partial charge in [-0.25, -0.2) is 9.50 Å². The molecular formula is C19H30N4O4. The first-order chi connectivity index (χ1) is 13.1. The largest absolute Gasteiger partial charge is 0.382 e. The third kappa shape index (κ3) is 4.24. The summed E-state index contributed by atoms with van der Waals surface area (Å²) >= 11 is 0. The van der Waals surface area contributed by atoms with Crippen LogP contribution in [-0.2, 0) is 20.0 Å². The average molecular weight is 378 g/mol. The Morgan fingerprint density at radius 2 is 2.07 bits per heavy atom. The maximum Gasteiger partial charge on any atom is 0.237 e. The van der Waals surface area contributed by atoms with Gasteiger partial charge >= 0.3 is 0 Å². The van der Waals surface area contributed by atoms with Gasteiger partial charge in [0.05, 0.1) is 12.7 Å². The molecule has 1 unspecified atom stereocenters. The number of aliphatic hydroxyl groups is 1. The summed E-state index contributed by atoms with van der Waals surface area (Å²) < 4.78 is 19.3. The molecule has 2 aromatic rings. The van der Waals surface area contributed by atoms with Crippen molar-refractivity contribution >= 4 is 11.3 Å². The molecule has 8 nitrogen and oxygen atoms in total. The molecule has 3 N–H and O–H groups in total. The van der Waals surface area contributed by atoms with Crippen LogP contribution in [0.2, 0.25) is 0 Å². The van der Waals surface area contributed by atoms with Crippen molar-refractivity contribution in [1.29, 1.82) is 0 Å². The first-order valence-electron chi connectivity index (χ1n) is 9.78. The topological polar surface area (TPSA) is 104 Å². The molecule has 3 heterocycles. The molecule has 0 aliphatic carbocycles. The predicted octanol–water partition coefficient (Wildman–Crippen LogP) is 2.25. The fourth-order valence-electron chi connectivity index (χ4n) is 3.34. The molecule has 0 bridgehead atoms. The third-order valence-corrected chi connectivity index (χ3v) is 4.87. The molecule has 1 saturated heterocycles. The molecule has 1 aliphatic heterocycles. The average Bonchev–Trinajstić information content (AvgIpc) is 3.22. The third-order valence-electron chi connectivity index (χ3n) is 4.87. The lowest BCUT2D eigenvalue weighted by Crippen LogP contribution is -2.39. The summed E-state index contributed by atoms with van der Waals surface area (Å²) in [6.07, 6.45) is 5.20. The summed E-state index contributed by atoms with van der Waals surface area (Å²) in [6, 6.07) is 3.54. The van der Waals surface area contributed by atoms with Crippen LogP contribution in [0, 0.1) is 0 Å². The van der Waals surface area contributed by atoms with Crippen molar-refractivity contribution in [3.05, 3.63) is 24.2 Å². The first-order valence-corrected chi connectivity index (χ1v) is 9.78. The molecule has 0 amide bonds. The van der Waals surface area contributed by atoms with Gasteiger partial charge in [0.15, 0.2) is 5.82 Å². The van der Waals surface area contributed by atoms with Crippen LogP contribution in [-0.4, -0.2) is 51.7 Å². The zero-order chi connectivity index (χ0) is 19.3. The van der Waals surface area contributed by atoms with Crippen LogP contribution in [0.15, 0.2) is 18.5 Å². The summed E-state index contributed by atoms with van der Waals surface area (Å²) in [7, 11) is 0. The highest BCUT2D eigenvalue weighted by atomic mass is 16.7. The Kier molecular flexibility index (Phi) is 6.64. The van der Waals surface area contributed by atoms with Gasteiger partial charge in [0, 0.05) is 19.6 Å². The van der Waals surface area contributed by atoms with Crippen molar-refractivity contribution in [1.82, 2.24) is 14.6 Å². The molecule has 27 heavy (non-hydrogen) atoms. The maximum absolute atomic E-state index is 11.4. The molecule has 0 spiro atoms. The van der Waals surface area contributed by atoms with E-state index < -0.39 is 11.9 Å². The van der Waals surface area contributed by atoms with E-state index in [1.54, 1.807) is 16.6 Å². The van der Waals surface area contributed by atoms with Crippen LogP contribution in [0.5, 0.6) is 0 Å². The number of nitrogens with zero attached hydrogens (tertiary/aromatic N) is 3. The molecule has 3 rings (SSSR count). The SMILES string of the molecule is CCCCOC[C@@H]1C[C@@H](OCCCC)C(O)(c2ccc3c(N)ncnn23)O1. The van der Waals surface area contributed by atoms with E-state index in [9.17, 15) is 5.11 Å². The van der Waals surface area contributed by atoms with E-state index in [-0.39, 0.29) is 6.10 Å². The van der Waals surface area contributed by atoms with Gasteiger partial charge in [0.1, 0.15) is 23.6 Å². The van der Waals surface area contributed by atoms with Crippen LogP contribution in [0.4, 0.5) is 5.82 Å². The standard InChI is InChI=1S/C19H30N4O4/c1-3-5-9-25-12-14-11-17(26-10-6-4-2)19(24,27-14)16-8-7-15-18(20)21-13-22-23(15)16/h7-8,13-14,17,24H,3-6,9-12H2,1-2H3,(H2,20,21,22)/t14-,17+,19?/m0/s1. The van der Waals surface area contributed by atoms with Gasteiger partial charge in [-0.05, 0) is 25.0 Å². The Hall–Kier alpha value is -1.74. The Morgan fingerprint density at radius 1 is 1.30 bits per heavy atom. The fourth-order valence-corrected chi connectivity index (χ4v) is 3.34. The Bertz CT molecular complexity index is 738. The molecule has 0 aromatic carbocycles. The Morgan fingerprint density at radius 3 is 2.85 bits per heavy atom. The highest BCUT2D eigenvalue weighted by Crippen LogP contribution is 2.40. The number of hydrogen-bond donors (Lipinski definition) is 2. The van der Waals surface area contributed by atoms with Crippen molar-refractivity contribution < 1.29 is 19.3 Å².